The van der Waals surface area contributed by atoms with Crippen molar-refractivity contribution in [3.05, 3.63) is 82.4 Å². The fraction of sp³-hybridized carbons (Fsp3) is 0.136. The molecular weight excluding hydrogens is 422 g/mol. The summed E-state index contributed by atoms with van der Waals surface area (Å²) in [6.45, 7) is 5.57. The molecule has 0 aliphatic heterocycles. The highest BCUT2D eigenvalue weighted by Gasteiger charge is 2.18. The van der Waals surface area contributed by atoms with Gasteiger partial charge in [0, 0.05) is 22.1 Å². The lowest BCUT2D eigenvalue weighted by Crippen LogP contribution is -2.21. The minimum Gasteiger partial charge on any atom is -0.308 e. The Hall–Kier alpha value is -3.03. The molecule has 0 bridgehead atoms. The molecule has 0 saturated carbocycles. The SMILES string of the molecule is Cc1ccc(NC(=O)Nc2cccc(C)c2C)cc1S(=O)(=O)Nc1ccc(Cl)cc1. The second-order valence-electron chi connectivity index (χ2n) is 6.92. The first kappa shape index (κ1) is 21.7. The van der Waals surface area contributed by atoms with E-state index in [0.717, 1.165) is 11.1 Å². The predicted octanol–water partition coefficient (Wildman–Crippen LogP) is 5.71. The third-order valence-corrected chi connectivity index (χ3v) is 6.46. The van der Waals surface area contributed by atoms with Gasteiger partial charge in [0.05, 0.1) is 4.90 Å². The zero-order valence-corrected chi connectivity index (χ0v) is 18.4. The van der Waals surface area contributed by atoms with Gasteiger partial charge in [-0.3, -0.25) is 4.72 Å². The number of benzene rings is 3. The molecule has 0 saturated heterocycles. The molecule has 156 valence electrons. The summed E-state index contributed by atoms with van der Waals surface area (Å²) in [6.07, 6.45) is 0. The fourth-order valence-electron chi connectivity index (χ4n) is 2.87. The topological polar surface area (TPSA) is 87.3 Å². The van der Waals surface area contributed by atoms with E-state index < -0.39 is 16.1 Å². The third-order valence-electron chi connectivity index (χ3n) is 4.68. The summed E-state index contributed by atoms with van der Waals surface area (Å²) in [4.78, 5) is 12.5. The Labute approximate surface area is 181 Å². The zero-order chi connectivity index (χ0) is 21.9. The van der Waals surface area contributed by atoms with Crippen molar-refractivity contribution in [2.75, 3.05) is 15.4 Å². The van der Waals surface area contributed by atoms with E-state index in [2.05, 4.69) is 15.4 Å². The second-order valence-corrected chi connectivity index (χ2v) is 9.01. The summed E-state index contributed by atoms with van der Waals surface area (Å²) in [5, 5.41) is 5.99. The number of hydrogen-bond donors (Lipinski definition) is 3. The number of anilines is 3. The summed E-state index contributed by atoms with van der Waals surface area (Å²) in [5.74, 6) is 0. The van der Waals surface area contributed by atoms with Gasteiger partial charge in [0.2, 0.25) is 0 Å². The molecule has 0 atom stereocenters. The van der Waals surface area contributed by atoms with Gasteiger partial charge >= 0.3 is 6.03 Å². The standard InChI is InChI=1S/C22H22ClN3O3S/c1-14-5-4-6-20(16(14)3)25-22(27)24-19-10-7-15(2)21(13-19)30(28,29)26-18-11-8-17(23)9-12-18/h4-13,26H,1-3H3,(H2,24,25,27). The molecule has 6 nitrogen and oxygen atoms in total. The number of rotatable bonds is 5. The van der Waals surface area contributed by atoms with Crippen molar-refractivity contribution in [1.29, 1.82) is 0 Å². The third kappa shape index (κ3) is 5.11. The number of amides is 2. The summed E-state index contributed by atoms with van der Waals surface area (Å²) < 4.78 is 28.2. The van der Waals surface area contributed by atoms with Crippen LogP contribution in [0.2, 0.25) is 5.02 Å². The molecule has 0 fully saturated rings. The monoisotopic (exact) mass is 443 g/mol. The van der Waals surface area contributed by atoms with Gasteiger partial charge in [-0.05, 0) is 79.9 Å². The van der Waals surface area contributed by atoms with Crippen LogP contribution in [0.15, 0.2) is 65.6 Å². The zero-order valence-electron chi connectivity index (χ0n) is 16.8. The van der Waals surface area contributed by atoms with Gasteiger partial charge in [-0.15, -0.1) is 0 Å². The number of carbonyl (C=O) groups excluding carboxylic acids is 1. The van der Waals surface area contributed by atoms with Crippen LogP contribution in [0.25, 0.3) is 0 Å². The van der Waals surface area contributed by atoms with Crippen molar-refractivity contribution in [1.82, 2.24) is 0 Å². The fourth-order valence-corrected chi connectivity index (χ4v) is 4.32. The lowest BCUT2D eigenvalue weighted by Gasteiger charge is -2.14. The molecule has 0 aromatic heterocycles. The molecule has 0 radical (unpaired) electrons. The van der Waals surface area contributed by atoms with Gasteiger partial charge in [-0.2, -0.15) is 0 Å². The highest BCUT2D eigenvalue weighted by Crippen LogP contribution is 2.24. The van der Waals surface area contributed by atoms with E-state index in [0.29, 0.717) is 27.6 Å². The second kappa shape index (κ2) is 8.77. The van der Waals surface area contributed by atoms with E-state index in [-0.39, 0.29) is 4.90 Å². The molecular formula is C22H22ClN3O3S. The van der Waals surface area contributed by atoms with Crippen LogP contribution in [-0.4, -0.2) is 14.4 Å². The van der Waals surface area contributed by atoms with E-state index in [1.165, 1.54) is 6.07 Å². The maximum atomic E-state index is 12.8. The summed E-state index contributed by atoms with van der Waals surface area (Å²) in [7, 11) is -3.85. The van der Waals surface area contributed by atoms with Crippen LogP contribution in [0.5, 0.6) is 0 Å². The first-order valence-electron chi connectivity index (χ1n) is 9.19. The summed E-state index contributed by atoms with van der Waals surface area (Å²) in [5.41, 5.74) is 4.02. The van der Waals surface area contributed by atoms with Gasteiger partial charge in [-0.25, -0.2) is 13.2 Å². The van der Waals surface area contributed by atoms with Crippen LogP contribution >= 0.6 is 11.6 Å². The van der Waals surface area contributed by atoms with Crippen molar-refractivity contribution < 1.29 is 13.2 Å². The van der Waals surface area contributed by atoms with E-state index >= 15 is 0 Å². The first-order chi connectivity index (χ1) is 14.2. The Kier molecular flexibility index (Phi) is 6.34. The van der Waals surface area contributed by atoms with Crippen molar-refractivity contribution >= 4 is 44.7 Å². The van der Waals surface area contributed by atoms with Gasteiger partial charge in [-0.1, -0.05) is 29.8 Å². The lowest BCUT2D eigenvalue weighted by atomic mass is 10.1. The normalized spacial score (nSPS) is 11.1. The maximum absolute atomic E-state index is 12.8. The van der Waals surface area contributed by atoms with Gasteiger partial charge < -0.3 is 10.6 Å². The number of aryl methyl sites for hydroxylation is 2. The number of sulfonamides is 1. The number of carbonyl (C=O) groups is 1. The number of urea groups is 1. The summed E-state index contributed by atoms with van der Waals surface area (Å²) >= 11 is 5.85. The van der Waals surface area contributed by atoms with Crippen LogP contribution in [0.4, 0.5) is 21.9 Å². The quantitative estimate of drug-likeness (QED) is 0.472. The van der Waals surface area contributed by atoms with Crippen molar-refractivity contribution in [2.45, 2.75) is 25.7 Å². The molecule has 30 heavy (non-hydrogen) atoms. The largest absolute Gasteiger partial charge is 0.323 e. The number of hydrogen-bond acceptors (Lipinski definition) is 3. The average molecular weight is 444 g/mol. The molecule has 8 heteroatoms. The van der Waals surface area contributed by atoms with Crippen LogP contribution in [-0.2, 0) is 10.0 Å². The molecule has 0 aliphatic carbocycles. The van der Waals surface area contributed by atoms with Crippen LogP contribution in [0.3, 0.4) is 0 Å². The highest BCUT2D eigenvalue weighted by atomic mass is 35.5. The molecule has 3 aromatic rings. The number of halogens is 1. The Morgan fingerprint density at radius 3 is 2.20 bits per heavy atom. The van der Waals surface area contributed by atoms with Crippen LogP contribution in [0, 0.1) is 20.8 Å². The molecule has 0 unspecified atom stereocenters. The molecule has 3 rings (SSSR count). The molecule has 2 amide bonds. The van der Waals surface area contributed by atoms with Crippen LogP contribution < -0.4 is 15.4 Å². The Morgan fingerprint density at radius 2 is 1.50 bits per heavy atom. The number of nitrogens with one attached hydrogen (secondary N) is 3. The molecule has 3 N–H and O–H groups in total. The maximum Gasteiger partial charge on any atom is 0.323 e. The molecule has 0 spiro atoms. The van der Waals surface area contributed by atoms with Crippen molar-refractivity contribution in [2.24, 2.45) is 0 Å². The Morgan fingerprint density at radius 1 is 0.833 bits per heavy atom. The Balaban J connectivity index is 1.79. The van der Waals surface area contributed by atoms with Gasteiger partial charge in [0.1, 0.15) is 0 Å². The van der Waals surface area contributed by atoms with E-state index in [1.54, 1.807) is 43.3 Å². The van der Waals surface area contributed by atoms with Gasteiger partial charge in [0.25, 0.3) is 10.0 Å². The Bertz CT molecular complexity index is 1190. The first-order valence-corrected chi connectivity index (χ1v) is 11.0. The summed E-state index contributed by atoms with van der Waals surface area (Å²) in [6, 6.07) is 16.2. The van der Waals surface area contributed by atoms with E-state index in [4.69, 9.17) is 11.6 Å². The minimum atomic E-state index is -3.85. The lowest BCUT2D eigenvalue weighted by molar-refractivity contribution is 0.262. The molecule has 0 heterocycles. The average Bonchev–Trinajstić information content (AvgIpc) is 2.68. The molecule has 3 aromatic carbocycles. The van der Waals surface area contributed by atoms with Gasteiger partial charge in [0.15, 0.2) is 0 Å². The minimum absolute atomic E-state index is 0.0713. The van der Waals surface area contributed by atoms with E-state index in [9.17, 15) is 13.2 Å². The molecule has 0 aliphatic rings. The smallest absolute Gasteiger partial charge is 0.308 e. The highest BCUT2D eigenvalue weighted by molar-refractivity contribution is 7.92. The van der Waals surface area contributed by atoms with Crippen LogP contribution in [0.1, 0.15) is 16.7 Å². The van der Waals surface area contributed by atoms with E-state index in [1.807, 2.05) is 32.0 Å². The van der Waals surface area contributed by atoms with Crippen molar-refractivity contribution in [3.63, 3.8) is 0 Å². The predicted molar refractivity (Wildman–Crippen MR) is 122 cm³/mol. The van der Waals surface area contributed by atoms with Crippen molar-refractivity contribution in [3.8, 4) is 0 Å².